The number of nitrogens with one attached hydrogen (secondary N) is 1. The summed E-state index contributed by atoms with van der Waals surface area (Å²) in [4.78, 5) is 14.3. The van der Waals surface area contributed by atoms with E-state index in [2.05, 4.69) is 29.3 Å². The van der Waals surface area contributed by atoms with E-state index in [-0.39, 0.29) is 17.9 Å². The summed E-state index contributed by atoms with van der Waals surface area (Å²) in [6.45, 7) is 2.76. The molecule has 2 aromatic rings. The molecule has 0 bridgehead atoms. The summed E-state index contributed by atoms with van der Waals surface area (Å²) in [5.41, 5.74) is 3.12. The molecule has 5 heteroatoms. The van der Waals surface area contributed by atoms with Gasteiger partial charge < -0.3 is 15.0 Å². The molecule has 0 saturated carbocycles. The van der Waals surface area contributed by atoms with Crippen molar-refractivity contribution >= 4 is 29.0 Å². The van der Waals surface area contributed by atoms with Gasteiger partial charge in [-0.15, -0.1) is 0 Å². The average Bonchev–Trinajstić information content (AvgIpc) is 2.65. The first-order chi connectivity index (χ1) is 12.1. The Morgan fingerprint density at radius 2 is 1.88 bits per heavy atom. The molecule has 2 unspecified atom stereocenters. The summed E-state index contributed by atoms with van der Waals surface area (Å²) >= 11 is 5.66. The van der Waals surface area contributed by atoms with Crippen molar-refractivity contribution in [2.24, 2.45) is 0 Å². The average molecular weight is 354 g/mol. The molecule has 0 amide bonds. The van der Waals surface area contributed by atoms with Crippen molar-refractivity contribution in [1.29, 1.82) is 0 Å². The van der Waals surface area contributed by atoms with Gasteiger partial charge >= 0.3 is 5.97 Å². The number of esters is 1. The lowest BCUT2D eigenvalue weighted by Gasteiger charge is -2.40. The van der Waals surface area contributed by atoms with Gasteiger partial charge in [0.05, 0.1) is 13.0 Å². The third-order valence-electron chi connectivity index (χ3n) is 4.58. The number of para-hydroxylation sites is 1. The number of carbonyl (C=O) groups is 1. The number of hydrogen-bond donors (Lipinski definition) is 1. The molecule has 0 aromatic heterocycles. The maximum absolute atomic E-state index is 12.2. The number of rotatable bonds is 3. The zero-order valence-electron chi connectivity index (χ0n) is 14.4. The molecule has 0 saturated heterocycles. The Balaban J connectivity index is 1.83. The molecule has 2 aromatic carbocycles. The first-order valence-corrected chi connectivity index (χ1v) is 8.80. The summed E-state index contributed by atoms with van der Waals surface area (Å²) in [5.74, 6) is -0.438. The standard InChI is InChI=1S/C20H22N2O2S/c1-14-12-17(19(23)24-2)16-10-6-7-11-18(16)22(14)20(25)21-13-15-8-4-3-5-9-15/h3-11,14,17H,12-13H2,1-2H3,(H,21,25). The Morgan fingerprint density at radius 1 is 1.20 bits per heavy atom. The van der Waals surface area contributed by atoms with E-state index in [4.69, 9.17) is 17.0 Å². The van der Waals surface area contributed by atoms with Crippen LogP contribution < -0.4 is 10.2 Å². The number of thiocarbonyl (C=S) groups is 1. The molecule has 1 N–H and O–H groups in total. The number of benzene rings is 2. The predicted molar refractivity (Wildman–Crippen MR) is 104 cm³/mol. The minimum Gasteiger partial charge on any atom is -0.469 e. The van der Waals surface area contributed by atoms with Crippen LogP contribution in [0.25, 0.3) is 0 Å². The molecule has 2 atom stereocenters. The molecule has 4 nitrogen and oxygen atoms in total. The molecule has 1 heterocycles. The van der Waals surface area contributed by atoms with E-state index in [0.717, 1.165) is 11.3 Å². The maximum atomic E-state index is 12.2. The number of hydrogen-bond acceptors (Lipinski definition) is 3. The molecule has 1 aliphatic rings. The fraction of sp³-hybridized carbons (Fsp3) is 0.300. The summed E-state index contributed by atoms with van der Waals surface area (Å²) in [7, 11) is 1.44. The Bertz CT molecular complexity index is 763. The van der Waals surface area contributed by atoms with Crippen LogP contribution in [0.4, 0.5) is 5.69 Å². The van der Waals surface area contributed by atoms with Gasteiger partial charge in [-0.05, 0) is 42.8 Å². The van der Waals surface area contributed by atoms with Gasteiger partial charge in [-0.3, -0.25) is 4.79 Å². The minimum atomic E-state index is -0.246. The van der Waals surface area contributed by atoms with Gasteiger partial charge in [-0.1, -0.05) is 48.5 Å². The smallest absolute Gasteiger partial charge is 0.313 e. The quantitative estimate of drug-likeness (QED) is 0.674. The zero-order chi connectivity index (χ0) is 17.8. The SMILES string of the molecule is COC(=O)C1CC(C)N(C(=S)NCc2ccccc2)c2ccccc21. The normalized spacial score (nSPS) is 19.0. The second-order valence-electron chi connectivity index (χ2n) is 6.23. The molecule has 130 valence electrons. The number of methoxy groups -OCH3 is 1. The molecule has 0 aliphatic carbocycles. The van der Waals surface area contributed by atoms with Crippen LogP contribution in [-0.2, 0) is 16.1 Å². The summed E-state index contributed by atoms with van der Waals surface area (Å²) in [6, 6.07) is 18.2. The number of carbonyl (C=O) groups excluding carboxylic acids is 1. The molecule has 0 fully saturated rings. The zero-order valence-corrected chi connectivity index (χ0v) is 15.3. The van der Waals surface area contributed by atoms with Crippen LogP contribution in [0.5, 0.6) is 0 Å². The maximum Gasteiger partial charge on any atom is 0.313 e. The highest BCUT2D eigenvalue weighted by Crippen LogP contribution is 2.39. The third-order valence-corrected chi connectivity index (χ3v) is 4.92. The van der Waals surface area contributed by atoms with Crippen molar-refractivity contribution in [3.05, 3.63) is 65.7 Å². The van der Waals surface area contributed by atoms with E-state index in [9.17, 15) is 4.79 Å². The van der Waals surface area contributed by atoms with Crippen molar-refractivity contribution in [3.8, 4) is 0 Å². The molecule has 3 rings (SSSR count). The Kier molecular flexibility index (Phi) is 5.34. The van der Waals surface area contributed by atoms with Crippen molar-refractivity contribution in [1.82, 2.24) is 5.32 Å². The summed E-state index contributed by atoms with van der Waals surface area (Å²) in [6.07, 6.45) is 0.677. The number of ether oxygens (including phenoxy) is 1. The van der Waals surface area contributed by atoms with E-state index >= 15 is 0 Å². The number of fused-ring (bicyclic) bond motifs is 1. The van der Waals surface area contributed by atoms with E-state index in [1.54, 1.807) is 0 Å². The lowest BCUT2D eigenvalue weighted by Crippen LogP contribution is -2.48. The van der Waals surface area contributed by atoms with Gasteiger partial charge in [-0.25, -0.2) is 0 Å². The largest absolute Gasteiger partial charge is 0.469 e. The molecule has 0 radical (unpaired) electrons. The Morgan fingerprint density at radius 3 is 2.60 bits per heavy atom. The van der Waals surface area contributed by atoms with Crippen molar-refractivity contribution in [2.45, 2.75) is 31.8 Å². The van der Waals surface area contributed by atoms with E-state index < -0.39 is 0 Å². The monoisotopic (exact) mass is 354 g/mol. The molecule has 0 spiro atoms. The predicted octanol–water partition coefficient (Wildman–Crippen LogP) is 3.62. The van der Waals surface area contributed by atoms with Crippen molar-refractivity contribution in [2.75, 3.05) is 12.0 Å². The van der Waals surface area contributed by atoms with Crippen LogP contribution in [0.3, 0.4) is 0 Å². The molecule has 25 heavy (non-hydrogen) atoms. The molecular weight excluding hydrogens is 332 g/mol. The van der Waals surface area contributed by atoms with Gasteiger partial charge in [0.15, 0.2) is 5.11 Å². The summed E-state index contributed by atoms with van der Waals surface area (Å²) < 4.78 is 4.99. The highest BCUT2D eigenvalue weighted by atomic mass is 32.1. The molecule has 1 aliphatic heterocycles. The topological polar surface area (TPSA) is 41.6 Å². The van der Waals surface area contributed by atoms with Crippen LogP contribution in [0.2, 0.25) is 0 Å². The third kappa shape index (κ3) is 3.66. The second kappa shape index (κ2) is 7.66. The van der Waals surface area contributed by atoms with Crippen LogP contribution in [0.1, 0.15) is 30.4 Å². The van der Waals surface area contributed by atoms with E-state index in [0.29, 0.717) is 18.1 Å². The van der Waals surface area contributed by atoms with Crippen LogP contribution >= 0.6 is 12.2 Å². The van der Waals surface area contributed by atoms with Crippen LogP contribution in [-0.4, -0.2) is 24.2 Å². The van der Waals surface area contributed by atoms with Crippen molar-refractivity contribution < 1.29 is 9.53 Å². The first-order valence-electron chi connectivity index (χ1n) is 8.39. The van der Waals surface area contributed by atoms with E-state index in [1.165, 1.54) is 12.7 Å². The number of anilines is 1. The Labute approximate surface area is 153 Å². The minimum absolute atomic E-state index is 0.106. The van der Waals surface area contributed by atoms with Gasteiger partial charge in [0, 0.05) is 18.3 Å². The fourth-order valence-electron chi connectivity index (χ4n) is 3.35. The van der Waals surface area contributed by atoms with Gasteiger partial charge in [0.1, 0.15) is 0 Å². The van der Waals surface area contributed by atoms with Gasteiger partial charge in [0.2, 0.25) is 0 Å². The lowest BCUT2D eigenvalue weighted by molar-refractivity contribution is -0.142. The molecular formula is C20H22N2O2S. The van der Waals surface area contributed by atoms with Crippen molar-refractivity contribution in [3.63, 3.8) is 0 Å². The van der Waals surface area contributed by atoms with Gasteiger partial charge in [-0.2, -0.15) is 0 Å². The van der Waals surface area contributed by atoms with Crippen LogP contribution in [0.15, 0.2) is 54.6 Å². The first kappa shape index (κ1) is 17.4. The second-order valence-corrected chi connectivity index (χ2v) is 6.62. The summed E-state index contributed by atoms with van der Waals surface area (Å²) in [5, 5.41) is 4.01. The van der Waals surface area contributed by atoms with Gasteiger partial charge in [0.25, 0.3) is 0 Å². The lowest BCUT2D eigenvalue weighted by atomic mass is 9.86. The van der Waals surface area contributed by atoms with Crippen LogP contribution in [0, 0.1) is 0 Å². The highest BCUT2D eigenvalue weighted by molar-refractivity contribution is 7.80. The fourth-order valence-corrected chi connectivity index (χ4v) is 3.70. The Hall–Kier alpha value is -2.40. The highest BCUT2D eigenvalue weighted by Gasteiger charge is 2.36. The number of nitrogens with zero attached hydrogens (tertiary/aromatic N) is 1. The van der Waals surface area contributed by atoms with E-state index in [1.807, 2.05) is 42.5 Å².